The van der Waals surface area contributed by atoms with Crippen LogP contribution in [0.4, 0.5) is 0 Å². The van der Waals surface area contributed by atoms with Crippen LogP contribution in [0.3, 0.4) is 0 Å². The lowest BCUT2D eigenvalue weighted by molar-refractivity contribution is 0.370. The van der Waals surface area contributed by atoms with Gasteiger partial charge in [0, 0.05) is 11.9 Å². The molecule has 3 nitrogen and oxygen atoms in total. The highest BCUT2D eigenvalue weighted by molar-refractivity contribution is 4.99. The summed E-state index contributed by atoms with van der Waals surface area (Å²) in [5, 5.41) is 3.37. The lowest BCUT2D eigenvalue weighted by Gasteiger charge is -2.21. The molecule has 2 heterocycles. The number of hydrogen-bond donors (Lipinski definition) is 1. The Bertz CT molecular complexity index is 242. The summed E-state index contributed by atoms with van der Waals surface area (Å²) in [4.78, 5) is 8.16. The maximum Gasteiger partial charge on any atom is 0.115 e. The molecule has 0 atom stereocenters. The normalized spacial score (nSPS) is 18.8. The van der Waals surface area contributed by atoms with Gasteiger partial charge in [0.05, 0.1) is 0 Å². The van der Waals surface area contributed by atoms with Crippen LogP contribution >= 0.6 is 0 Å². The van der Waals surface area contributed by atoms with E-state index in [-0.39, 0.29) is 0 Å². The largest absolute Gasteiger partial charge is 0.317 e. The second-order valence-corrected chi connectivity index (χ2v) is 3.60. The van der Waals surface area contributed by atoms with Crippen molar-refractivity contribution in [2.75, 3.05) is 13.1 Å². The number of aromatic nitrogens is 2. The number of hydrogen-bond acceptors (Lipinski definition) is 3. The second-order valence-electron chi connectivity index (χ2n) is 3.60. The summed E-state index contributed by atoms with van der Waals surface area (Å²) in [5.74, 6) is 0.816. The fraction of sp³-hybridized carbons (Fsp3) is 0.600. The molecular formula is C10H15N3. The molecule has 1 saturated heterocycles. The van der Waals surface area contributed by atoms with Gasteiger partial charge in [0.1, 0.15) is 6.33 Å². The van der Waals surface area contributed by atoms with Crippen molar-refractivity contribution in [3.05, 3.63) is 24.3 Å². The zero-order chi connectivity index (χ0) is 8.93. The Hall–Kier alpha value is -0.960. The fourth-order valence-electron chi connectivity index (χ4n) is 1.82. The first kappa shape index (κ1) is 8.63. The topological polar surface area (TPSA) is 37.8 Å². The average molecular weight is 177 g/mol. The smallest absolute Gasteiger partial charge is 0.115 e. The van der Waals surface area contributed by atoms with E-state index < -0.39 is 0 Å². The van der Waals surface area contributed by atoms with Crippen molar-refractivity contribution in [1.82, 2.24) is 15.3 Å². The Labute approximate surface area is 78.6 Å². The minimum absolute atomic E-state index is 0.816. The van der Waals surface area contributed by atoms with Crippen molar-refractivity contribution in [2.24, 2.45) is 5.92 Å². The molecule has 1 aliphatic rings. The Kier molecular flexibility index (Phi) is 2.87. The van der Waals surface area contributed by atoms with Gasteiger partial charge in [-0.1, -0.05) is 0 Å². The minimum atomic E-state index is 0.816. The van der Waals surface area contributed by atoms with E-state index in [1.807, 2.05) is 12.3 Å². The highest BCUT2D eigenvalue weighted by Gasteiger charge is 2.13. The maximum atomic E-state index is 4.24. The molecule has 1 aromatic rings. The van der Waals surface area contributed by atoms with Crippen molar-refractivity contribution in [3.63, 3.8) is 0 Å². The van der Waals surface area contributed by atoms with Gasteiger partial charge in [-0.15, -0.1) is 0 Å². The maximum absolute atomic E-state index is 4.24. The van der Waals surface area contributed by atoms with Gasteiger partial charge >= 0.3 is 0 Å². The number of piperidine rings is 1. The molecule has 0 aromatic carbocycles. The lowest BCUT2D eigenvalue weighted by atomic mass is 9.93. The van der Waals surface area contributed by atoms with Gasteiger partial charge in [0.15, 0.2) is 0 Å². The van der Waals surface area contributed by atoms with E-state index in [0.29, 0.717) is 0 Å². The zero-order valence-corrected chi connectivity index (χ0v) is 7.74. The van der Waals surface area contributed by atoms with Gasteiger partial charge < -0.3 is 5.32 Å². The molecule has 1 aromatic heterocycles. The third-order valence-corrected chi connectivity index (χ3v) is 2.60. The van der Waals surface area contributed by atoms with Gasteiger partial charge in [-0.05, 0) is 44.3 Å². The second kappa shape index (κ2) is 4.33. The SMILES string of the molecule is c1cc(CC2CCNCC2)ncn1. The summed E-state index contributed by atoms with van der Waals surface area (Å²) in [6, 6.07) is 2.02. The summed E-state index contributed by atoms with van der Waals surface area (Å²) in [5.41, 5.74) is 1.18. The highest BCUT2D eigenvalue weighted by Crippen LogP contribution is 2.15. The number of nitrogens with zero attached hydrogens (tertiary/aromatic N) is 2. The Balaban J connectivity index is 1.90. The molecule has 0 aliphatic carbocycles. The minimum Gasteiger partial charge on any atom is -0.317 e. The van der Waals surface area contributed by atoms with Crippen LogP contribution in [0.15, 0.2) is 18.6 Å². The van der Waals surface area contributed by atoms with E-state index in [9.17, 15) is 0 Å². The number of nitrogens with one attached hydrogen (secondary N) is 1. The molecule has 0 amide bonds. The summed E-state index contributed by atoms with van der Waals surface area (Å²) < 4.78 is 0. The molecular weight excluding hydrogens is 162 g/mol. The van der Waals surface area contributed by atoms with Crippen LogP contribution in [0.1, 0.15) is 18.5 Å². The van der Waals surface area contributed by atoms with Crippen LogP contribution in [-0.4, -0.2) is 23.1 Å². The molecule has 0 saturated carbocycles. The van der Waals surface area contributed by atoms with Gasteiger partial charge in [-0.2, -0.15) is 0 Å². The van der Waals surface area contributed by atoms with Crippen LogP contribution in [0.2, 0.25) is 0 Å². The van der Waals surface area contributed by atoms with E-state index >= 15 is 0 Å². The summed E-state index contributed by atoms with van der Waals surface area (Å²) in [6.07, 6.45) is 7.14. The summed E-state index contributed by atoms with van der Waals surface area (Å²) in [7, 11) is 0. The molecule has 2 rings (SSSR count). The summed E-state index contributed by atoms with van der Waals surface area (Å²) in [6.45, 7) is 2.32. The third-order valence-electron chi connectivity index (χ3n) is 2.60. The molecule has 0 bridgehead atoms. The Morgan fingerprint density at radius 3 is 2.92 bits per heavy atom. The molecule has 0 radical (unpaired) electrons. The van der Waals surface area contributed by atoms with Crippen LogP contribution < -0.4 is 5.32 Å². The Morgan fingerprint density at radius 2 is 2.23 bits per heavy atom. The van der Waals surface area contributed by atoms with Crippen molar-refractivity contribution < 1.29 is 0 Å². The van der Waals surface area contributed by atoms with Gasteiger partial charge in [0.2, 0.25) is 0 Å². The predicted molar refractivity (Wildman–Crippen MR) is 51.3 cm³/mol. The lowest BCUT2D eigenvalue weighted by Crippen LogP contribution is -2.28. The number of rotatable bonds is 2. The average Bonchev–Trinajstić information content (AvgIpc) is 2.21. The first-order valence-corrected chi connectivity index (χ1v) is 4.91. The van der Waals surface area contributed by atoms with E-state index in [4.69, 9.17) is 0 Å². The standard InChI is InChI=1S/C10H15N3/c1-4-11-5-2-9(1)7-10-3-6-12-8-13-10/h3,6,8-9,11H,1-2,4-5,7H2. The van der Waals surface area contributed by atoms with Crippen LogP contribution in [-0.2, 0) is 6.42 Å². The summed E-state index contributed by atoms with van der Waals surface area (Å²) >= 11 is 0. The highest BCUT2D eigenvalue weighted by atomic mass is 14.9. The zero-order valence-electron chi connectivity index (χ0n) is 7.74. The molecule has 3 heteroatoms. The van der Waals surface area contributed by atoms with Gasteiger partial charge in [-0.3, -0.25) is 0 Å². The predicted octanol–water partition coefficient (Wildman–Crippen LogP) is 1.02. The molecule has 1 N–H and O–H groups in total. The van der Waals surface area contributed by atoms with E-state index in [1.165, 1.54) is 18.5 Å². The van der Waals surface area contributed by atoms with Crippen molar-refractivity contribution in [2.45, 2.75) is 19.3 Å². The van der Waals surface area contributed by atoms with Crippen LogP contribution in [0.5, 0.6) is 0 Å². The van der Waals surface area contributed by atoms with Gasteiger partial charge in [-0.25, -0.2) is 9.97 Å². The molecule has 13 heavy (non-hydrogen) atoms. The Morgan fingerprint density at radius 1 is 1.38 bits per heavy atom. The van der Waals surface area contributed by atoms with Crippen LogP contribution in [0.25, 0.3) is 0 Å². The first-order valence-electron chi connectivity index (χ1n) is 4.91. The van der Waals surface area contributed by atoms with Crippen LogP contribution in [0, 0.1) is 5.92 Å². The van der Waals surface area contributed by atoms with Gasteiger partial charge in [0.25, 0.3) is 0 Å². The van der Waals surface area contributed by atoms with E-state index in [2.05, 4.69) is 15.3 Å². The quantitative estimate of drug-likeness (QED) is 0.733. The van der Waals surface area contributed by atoms with Crippen molar-refractivity contribution in [3.8, 4) is 0 Å². The third kappa shape index (κ3) is 2.49. The molecule has 1 fully saturated rings. The molecule has 0 unspecified atom stereocenters. The monoisotopic (exact) mass is 177 g/mol. The molecule has 1 aliphatic heterocycles. The fourth-order valence-corrected chi connectivity index (χ4v) is 1.82. The molecule has 0 spiro atoms. The molecule has 70 valence electrons. The first-order chi connectivity index (χ1) is 6.45. The van der Waals surface area contributed by atoms with E-state index in [0.717, 1.165) is 25.4 Å². The van der Waals surface area contributed by atoms with Crippen molar-refractivity contribution in [1.29, 1.82) is 0 Å². The van der Waals surface area contributed by atoms with Crippen molar-refractivity contribution >= 4 is 0 Å². The van der Waals surface area contributed by atoms with E-state index in [1.54, 1.807) is 6.33 Å².